The zero-order valence-corrected chi connectivity index (χ0v) is 17.6. The first-order valence-corrected chi connectivity index (χ1v) is 10.7. The third-order valence-electron chi connectivity index (χ3n) is 5.16. The number of benzene rings is 1. The van der Waals surface area contributed by atoms with Gasteiger partial charge < -0.3 is 10.1 Å². The van der Waals surface area contributed by atoms with Crippen LogP contribution in [0.1, 0.15) is 53.6 Å². The van der Waals surface area contributed by atoms with Crippen LogP contribution in [0.2, 0.25) is 0 Å². The maximum Gasteiger partial charge on any atom is 0.341 e. The number of nitrogens with zero attached hydrogens (tertiary/aromatic N) is 1. The Hall–Kier alpha value is -2.18. The Balaban J connectivity index is 1.84. The summed E-state index contributed by atoms with van der Waals surface area (Å²) >= 11 is 1.51. The monoisotopic (exact) mass is 400 g/mol. The van der Waals surface area contributed by atoms with E-state index in [1.807, 2.05) is 19.9 Å². The predicted molar refractivity (Wildman–Crippen MR) is 113 cm³/mol. The molecule has 1 amide bonds. The molecule has 0 fully saturated rings. The SMILES string of the molecule is CCOC(=O)c1c(NC(=O)[C@@H](C)CC)sc2c1CCN(Cc1ccccc1)C2. The van der Waals surface area contributed by atoms with Crippen LogP contribution in [0.4, 0.5) is 5.00 Å². The van der Waals surface area contributed by atoms with Crippen LogP contribution in [0.25, 0.3) is 0 Å². The van der Waals surface area contributed by atoms with Crippen LogP contribution in [-0.2, 0) is 29.0 Å². The number of carbonyl (C=O) groups is 2. The molecule has 1 aliphatic heterocycles. The number of anilines is 1. The second-order valence-corrected chi connectivity index (χ2v) is 8.28. The standard InChI is InChI=1S/C22H28N2O3S/c1-4-15(3)20(25)23-21-19(22(26)27-5-2)17-11-12-24(14-18(17)28-21)13-16-9-7-6-8-10-16/h6-10,15H,4-5,11-14H2,1-3H3,(H,23,25)/t15-/m0/s1. The minimum absolute atomic E-state index is 0.0483. The minimum atomic E-state index is -0.337. The average molecular weight is 401 g/mol. The lowest BCUT2D eigenvalue weighted by Crippen LogP contribution is -2.30. The smallest absolute Gasteiger partial charge is 0.341 e. The van der Waals surface area contributed by atoms with Crippen molar-refractivity contribution >= 4 is 28.2 Å². The van der Waals surface area contributed by atoms with Crippen molar-refractivity contribution in [1.82, 2.24) is 4.90 Å². The van der Waals surface area contributed by atoms with Crippen LogP contribution >= 0.6 is 11.3 Å². The van der Waals surface area contributed by atoms with Crippen molar-refractivity contribution in [2.45, 2.75) is 46.7 Å². The van der Waals surface area contributed by atoms with E-state index in [-0.39, 0.29) is 17.8 Å². The maximum atomic E-state index is 12.6. The molecule has 0 saturated carbocycles. The highest BCUT2D eigenvalue weighted by Gasteiger charge is 2.30. The zero-order valence-electron chi connectivity index (χ0n) is 16.8. The van der Waals surface area contributed by atoms with Crippen LogP contribution in [0.15, 0.2) is 30.3 Å². The van der Waals surface area contributed by atoms with Gasteiger partial charge in [-0.1, -0.05) is 44.2 Å². The first-order valence-electron chi connectivity index (χ1n) is 9.92. The molecule has 0 aliphatic carbocycles. The number of amides is 1. The van der Waals surface area contributed by atoms with Gasteiger partial charge in [-0.2, -0.15) is 0 Å². The van der Waals surface area contributed by atoms with Gasteiger partial charge in [0.1, 0.15) is 5.00 Å². The van der Waals surface area contributed by atoms with Gasteiger partial charge in [-0.15, -0.1) is 11.3 Å². The molecule has 28 heavy (non-hydrogen) atoms. The van der Waals surface area contributed by atoms with E-state index in [1.54, 1.807) is 6.92 Å². The van der Waals surface area contributed by atoms with E-state index < -0.39 is 0 Å². The van der Waals surface area contributed by atoms with Gasteiger partial charge in [0.2, 0.25) is 5.91 Å². The quantitative estimate of drug-likeness (QED) is 0.697. The molecule has 1 N–H and O–H groups in total. The molecule has 150 valence electrons. The van der Waals surface area contributed by atoms with Gasteiger partial charge in [-0.25, -0.2) is 4.79 Å². The van der Waals surface area contributed by atoms with E-state index in [0.29, 0.717) is 17.2 Å². The molecule has 2 aromatic rings. The first kappa shape index (κ1) is 20.6. The summed E-state index contributed by atoms with van der Waals surface area (Å²) in [6.45, 7) is 8.54. The molecule has 2 heterocycles. The minimum Gasteiger partial charge on any atom is -0.462 e. The van der Waals surface area contributed by atoms with Crippen molar-refractivity contribution < 1.29 is 14.3 Å². The normalized spacial score (nSPS) is 15.0. The topological polar surface area (TPSA) is 58.6 Å². The molecule has 0 unspecified atom stereocenters. The summed E-state index contributed by atoms with van der Waals surface area (Å²) in [7, 11) is 0. The van der Waals surface area contributed by atoms with E-state index in [1.165, 1.54) is 16.9 Å². The Labute approximate surface area is 170 Å². The Bertz CT molecular complexity index is 832. The van der Waals surface area contributed by atoms with Crippen LogP contribution in [0.5, 0.6) is 0 Å². The Morgan fingerprint density at radius 2 is 2.00 bits per heavy atom. The molecule has 1 aromatic carbocycles. The molecule has 0 spiro atoms. The molecule has 1 atom stereocenters. The second-order valence-electron chi connectivity index (χ2n) is 7.17. The van der Waals surface area contributed by atoms with Crippen LogP contribution in [0.3, 0.4) is 0 Å². The predicted octanol–water partition coefficient (Wildman–Crippen LogP) is 4.47. The van der Waals surface area contributed by atoms with Crippen LogP contribution in [0, 0.1) is 5.92 Å². The summed E-state index contributed by atoms with van der Waals surface area (Å²) in [4.78, 5) is 28.6. The summed E-state index contributed by atoms with van der Waals surface area (Å²) < 4.78 is 5.29. The number of fused-ring (bicyclic) bond motifs is 1. The fourth-order valence-corrected chi connectivity index (χ4v) is 4.64. The fourth-order valence-electron chi connectivity index (χ4n) is 3.36. The van der Waals surface area contributed by atoms with Gasteiger partial charge in [0.05, 0.1) is 12.2 Å². The van der Waals surface area contributed by atoms with E-state index in [2.05, 4.69) is 34.5 Å². The summed E-state index contributed by atoms with van der Waals surface area (Å²) in [6, 6.07) is 10.4. The largest absolute Gasteiger partial charge is 0.462 e. The Kier molecular flexibility index (Phi) is 6.86. The molecule has 0 radical (unpaired) electrons. The highest BCUT2D eigenvalue weighted by molar-refractivity contribution is 7.17. The highest BCUT2D eigenvalue weighted by Crippen LogP contribution is 2.38. The van der Waals surface area contributed by atoms with E-state index in [0.717, 1.165) is 42.9 Å². The summed E-state index contributed by atoms with van der Waals surface area (Å²) in [5, 5.41) is 3.62. The highest BCUT2D eigenvalue weighted by atomic mass is 32.1. The van der Waals surface area contributed by atoms with Crippen molar-refractivity contribution in [3.63, 3.8) is 0 Å². The van der Waals surface area contributed by atoms with Gasteiger partial charge in [0.15, 0.2) is 0 Å². The van der Waals surface area contributed by atoms with Crippen LogP contribution in [-0.4, -0.2) is 29.9 Å². The average Bonchev–Trinajstić information content (AvgIpc) is 3.05. The molecular formula is C22H28N2O3S. The van der Waals surface area contributed by atoms with Crippen molar-refractivity contribution in [2.75, 3.05) is 18.5 Å². The maximum absolute atomic E-state index is 12.6. The number of ether oxygens (including phenoxy) is 1. The number of hydrogen-bond acceptors (Lipinski definition) is 5. The summed E-state index contributed by atoms with van der Waals surface area (Å²) in [5.74, 6) is -0.479. The molecule has 6 heteroatoms. The van der Waals surface area contributed by atoms with Crippen molar-refractivity contribution in [1.29, 1.82) is 0 Å². The third kappa shape index (κ3) is 4.62. The molecule has 1 aromatic heterocycles. The van der Waals surface area contributed by atoms with Crippen molar-refractivity contribution in [3.8, 4) is 0 Å². The van der Waals surface area contributed by atoms with E-state index in [4.69, 9.17) is 4.74 Å². The fraction of sp³-hybridized carbons (Fsp3) is 0.455. The molecule has 5 nitrogen and oxygen atoms in total. The molecule has 0 bridgehead atoms. The molecule has 0 saturated heterocycles. The lowest BCUT2D eigenvalue weighted by molar-refractivity contribution is -0.119. The first-order chi connectivity index (χ1) is 13.5. The zero-order chi connectivity index (χ0) is 20.1. The lowest BCUT2D eigenvalue weighted by atomic mass is 10.0. The number of rotatable bonds is 7. The summed E-state index contributed by atoms with van der Waals surface area (Å²) in [5.41, 5.74) is 2.86. The van der Waals surface area contributed by atoms with Gasteiger partial charge >= 0.3 is 5.97 Å². The molecule has 3 rings (SSSR count). The summed E-state index contributed by atoms with van der Waals surface area (Å²) in [6.07, 6.45) is 1.54. The lowest BCUT2D eigenvalue weighted by Gasteiger charge is -2.27. The number of thiophene rings is 1. The van der Waals surface area contributed by atoms with Gasteiger partial charge in [-0.05, 0) is 30.9 Å². The Morgan fingerprint density at radius 3 is 2.68 bits per heavy atom. The van der Waals surface area contributed by atoms with Gasteiger partial charge in [-0.3, -0.25) is 9.69 Å². The Morgan fingerprint density at radius 1 is 1.25 bits per heavy atom. The van der Waals surface area contributed by atoms with Gasteiger partial charge in [0, 0.05) is 30.4 Å². The number of esters is 1. The number of hydrogen-bond donors (Lipinski definition) is 1. The van der Waals surface area contributed by atoms with Crippen LogP contribution < -0.4 is 5.32 Å². The van der Waals surface area contributed by atoms with Gasteiger partial charge in [0.25, 0.3) is 0 Å². The molecular weight excluding hydrogens is 372 g/mol. The molecule has 1 aliphatic rings. The van der Waals surface area contributed by atoms with Crippen molar-refractivity contribution in [2.24, 2.45) is 5.92 Å². The van der Waals surface area contributed by atoms with Crippen molar-refractivity contribution in [3.05, 3.63) is 51.9 Å². The second kappa shape index (κ2) is 9.34. The number of carbonyl (C=O) groups excluding carboxylic acids is 2. The van der Waals surface area contributed by atoms with E-state index >= 15 is 0 Å². The number of nitrogens with one attached hydrogen (secondary N) is 1. The van der Waals surface area contributed by atoms with E-state index in [9.17, 15) is 9.59 Å². The third-order valence-corrected chi connectivity index (χ3v) is 6.29.